The van der Waals surface area contributed by atoms with E-state index in [4.69, 9.17) is 4.74 Å². The summed E-state index contributed by atoms with van der Waals surface area (Å²) in [6.45, 7) is 6.58. The summed E-state index contributed by atoms with van der Waals surface area (Å²) in [4.78, 5) is 14.9. The van der Waals surface area contributed by atoms with Crippen LogP contribution < -0.4 is 4.90 Å². The first-order valence-corrected chi connectivity index (χ1v) is 7.76. The number of carbonyl (C=O) groups excluding carboxylic acids is 1. The number of anilines is 1. The molecule has 0 aliphatic carbocycles. The quantitative estimate of drug-likeness (QED) is 0.792. The summed E-state index contributed by atoms with van der Waals surface area (Å²) in [6.07, 6.45) is 0. The maximum Gasteiger partial charge on any atom is 0.176 e. The minimum Gasteiger partial charge on any atom is -0.378 e. The van der Waals surface area contributed by atoms with Gasteiger partial charge in [-0.25, -0.2) is 0 Å². The van der Waals surface area contributed by atoms with Crippen molar-refractivity contribution in [3.63, 3.8) is 0 Å². The SMILES string of the molecule is CC(C)C(=O)c1sc(N2CCOCC2)c(C#N)c1Br. The third-order valence-electron chi connectivity index (χ3n) is 2.99. The van der Waals surface area contributed by atoms with E-state index in [0.29, 0.717) is 28.1 Å². The molecule has 1 aliphatic heterocycles. The van der Waals surface area contributed by atoms with E-state index in [2.05, 4.69) is 26.9 Å². The lowest BCUT2D eigenvalue weighted by Gasteiger charge is -2.27. The highest BCUT2D eigenvalue weighted by molar-refractivity contribution is 9.10. The van der Waals surface area contributed by atoms with E-state index in [1.165, 1.54) is 11.3 Å². The van der Waals surface area contributed by atoms with Crippen LogP contribution in [0.5, 0.6) is 0 Å². The molecular formula is C13H15BrN2O2S. The van der Waals surface area contributed by atoms with Gasteiger partial charge in [-0.05, 0) is 15.9 Å². The summed E-state index contributed by atoms with van der Waals surface area (Å²) >= 11 is 4.81. The molecule has 0 spiro atoms. The van der Waals surface area contributed by atoms with Crippen LogP contribution in [-0.2, 0) is 4.74 Å². The van der Waals surface area contributed by atoms with Crippen LogP contribution in [0.4, 0.5) is 5.00 Å². The van der Waals surface area contributed by atoms with Crippen molar-refractivity contribution in [1.29, 1.82) is 5.26 Å². The van der Waals surface area contributed by atoms with Crippen LogP contribution in [-0.4, -0.2) is 32.1 Å². The van der Waals surface area contributed by atoms with Gasteiger partial charge in [0.2, 0.25) is 0 Å². The molecule has 1 aromatic rings. The lowest BCUT2D eigenvalue weighted by Crippen LogP contribution is -2.36. The lowest BCUT2D eigenvalue weighted by molar-refractivity contribution is 0.0943. The number of rotatable bonds is 3. The maximum absolute atomic E-state index is 12.2. The average Bonchev–Trinajstić information content (AvgIpc) is 2.75. The monoisotopic (exact) mass is 342 g/mol. The first-order valence-electron chi connectivity index (χ1n) is 6.15. The topological polar surface area (TPSA) is 53.3 Å². The third-order valence-corrected chi connectivity index (χ3v) is 5.31. The number of halogens is 1. The number of hydrogen-bond acceptors (Lipinski definition) is 5. The zero-order valence-electron chi connectivity index (χ0n) is 10.9. The van der Waals surface area contributed by atoms with E-state index in [1.807, 2.05) is 13.8 Å². The fourth-order valence-electron chi connectivity index (χ4n) is 1.91. The molecule has 1 aromatic heterocycles. The Kier molecular flexibility index (Phi) is 4.61. The molecule has 0 radical (unpaired) electrons. The Balaban J connectivity index is 2.41. The molecule has 6 heteroatoms. The van der Waals surface area contributed by atoms with Gasteiger partial charge in [-0.1, -0.05) is 13.8 Å². The molecule has 0 atom stereocenters. The van der Waals surface area contributed by atoms with Crippen LogP contribution >= 0.6 is 27.3 Å². The summed E-state index contributed by atoms with van der Waals surface area (Å²) in [5.41, 5.74) is 0.566. The fraction of sp³-hybridized carbons (Fsp3) is 0.538. The van der Waals surface area contributed by atoms with Crippen molar-refractivity contribution in [2.24, 2.45) is 5.92 Å². The van der Waals surface area contributed by atoms with Crippen molar-refractivity contribution in [2.45, 2.75) is 13.8 Å². The molecule has 4 nitrogen and oxygen atoms in total. The first-order chi connectivity index (χ1) is 9.06. The van der Waals surface area contributed by atoms with Gasteiger partial charge in [0, 0.05) is 19.0 Å². The fourth-order valence-corrected chi connectivity index (χ4v) is 4.04. The minimum absolute atomic E-state index is 0.0703. The van der Waals surface area contributed by atoms with Gasteiger partial charge in [0.25, 0.3) is 0 Å². The van der Waals surface area contributed by atoms with E-state index >= 15 is 0 Å². The van der Waals surface area contributed by atoms with Crippen molar-refractivity contribution < 1.29 is 9.53 Å². The second-order valence-corrected chi connectivity index (χ2v) is 6.45. The van der Waals surface area contributed by atoms with Gasteiger partial charge in [-0.3, -0.25) is 4.79 Å². The van der Waals surface area contributed by atoms with E-state index in [1.54, 1.807) is 0 Å². The Bertz CT molecular complexity index is 527. The van der Waals surface area contributed by atoms with Crippen LogP contribution in [0.2, 0.25) is 0 Å². The number of carbonyl (C=O) groups is 1. The molecule has 0 unspecified atom stereocenters. The second kappa shape index (κ2) is 6.04. The highest BCUT2D eigenvalue weighted by atomic mass is 79.9. The number of hydrogen-bond donors (Lipinski definition) is 0. The highest BCUT2D eigenvalue weighted by Gasteiger charge is 2.26. The lowest BCUT2D eigenvalue weighted by atomic mass is 10.1. The van der Waals surface area contributed by atoms with E-state index in [9.17, 15) is 10.1 Å². The van der Waals surface area contributed by atoms with Crippen molar-refractivity contribution in [3.8, 4) is 6.07 Å². The Morgan fingerprint density at radius 2 is 2.11 bits per heavy atom. The summed E-state index contributed by atoms with van der Waals surface area (Å²) in [7, 11) is 0. The third kappa shape index (κ3) is 2.83. The summed E-state index contributed by atoms with van der Waals surface area (Å²) in [5.74, 6) is 0.00640. The Labute approximate surface area is 125 Å². The molecule has 0 bridgehead atoms. The summed E-state index contributed by atoms with van der Waals surface area (Å²) in [6, 6.07) is 2.20. The van der Waals surface area contributed by atoms with Gasteiger partial charge in [-0.15, -0.1) is 11.3 Å². The van der Waals surface area contributed by atoms with Crippen molar-refractivity contribution >= 4 is 38.1 Å². The van der Waals surface area contributed by atoms with Gasteiger partial charge in [0.05, 0.1) is 22.6 Å². The van der Waals surface area contributed by atoms with Crippen molar-refractivity contribution in [3.05, 3.63) is 14.9 Å². The largest absolute Gasteiger partial charge is 0.378 e. The van der Waals surface area contributed by atoms with Gasteiger partial charge in [-0.2, -0.15) is 5.26 Å². The number of nitrogens with zero attached hydrogens (tertiary/aromatic N) is 2. The van der Waals surface area contributed by atoms with Crippen LogP contribution in [0.1, 0.15) is 29.1 Å². The van der Waals surface area contributed by atoms with Crippen LogP contribution in [0, 0.1) is 17.2 Å². The number of morpholine rings is 1. The van der Waals surface area contributed by atoms with Crippen LogP contribution in [0.3, 0.4) is 0 Å². The predicted molar refractivity (Wildman–Crippen MR) is 78.9 cm³/mol. The van der Waals surface area contributed by atoms with Gasteiger partial charge >= 0.3 is 0 Å². The molecule has 1 saturated heterocycles. The summed E-state index contributed by atoms with van der Waals surface area (Å²) < 4.78 is 5.96. The maximum atomic E-state index is 12.2. The van der Waals surface area contributed by atoms with Crippen molar-refractivity contribution in [2.75, 3.05) is 31.2 Å². The minimum atomic E-state index is -0.0703. The molecule has 1 fully saturated rings. The predicted octanol–water partition coefficient (Wildman–Crippen LogP) is 3.06. The molecule has 0 aromatic carbocycles. The molecule has 2 heterocycles. The molecule has 1 aliphatic rings. The average molecular weight is 343 g/mol. The van der Waals surface area contributed by atoms with E-state index in [-0.39, 0.29) is 11.7 Å². The first kappa shape index (κ1) is 14.5. The van der Waals surface area contributed by atoms with Crippen molar-refractivity contribution in [1.82, 2.24) is 0 Å². The van der Waals surface area contributed by atoms with Gasteiger partial charge in [0.1, 0.15) is 16.6 Å². The molecular weight excluding hydrogens is 328 g/mol. The second-order valence-electron chi connectivity index (χ2n) is 4.66. The summed E-state index contributed by atoms with van der Waals surface area (Å²) in [5, 5.41) is 10.2. The van der Waals surface area contributed by atoms with Crippen LogP contribution in [0.15, 0.2) is 4.47 Å². The van der Waals surface area contributed by atoms with Gasteiger partial charge < -0.3 is 9.64 Å². The normalized spacial score (nSPS) is 15.6. The molecule has 0 amide bonds. The molecule has 0 saturated carbocycles. The highest BCUT2D eigenvalue weighted by Crippen LogP contribution is 2.40. The number of ether oxygens (including phenoxy) is 1. The van der Waals surface area contributed by atoms with Gasteiger partial charge in [0.15, 0.2) is 5.78 Å². The number of ketones is 1. The zero-order valence-corrected chi connectivity index (χ0v) is 13.3. The molecule has 102 valence electrons. The molecule has 2 rings (SSSR count). The molecule has 19 heavy (non-hydrogen) atoms. The smallest absolute Gasteiger partial charge is 0.176 e. The molecule has 0 N–H and O–H groups in total. The Hall–Kier alpha value is -0.900. The van der Waals surface area contributed by atoms with E-state index < -0.39 is 0 Å². The number of thiophene rings is 1. The van der Waals surface area contributed by atoms with E-state index in [0.717, 1.165) is 18.1 Å². The van der Waals surface area contributed by atoms with Crippen LogP contribution in [0.25, 0.3) is 0 Å². The zero-order chi connectivity index (χ0) is 14.0. The Morgan fingerprint density at radius 3 is 2.63 bits per heavy atom. The Morgan fingerprint density at radius 1 is 1.47 bits per heavy atom. The number of nitriles is 1. The number of Topliss-reactive ketones (excluding diaryl/α,β-unsaturated/α-hetero) is 1. The standard InChI is InChI=1S/C13H15BrN2O2S/c1-8(2)11(17)12-10(14)9(7-15)13(19-12)16-3-5-18-6-4-16/h8H,3-6H2,1-2H3.